The van der Waals surface area contributed by atoms with E-state index >= 15 is 0 Å². The summed E-state index contributed by atoms with van der Waals surface area (Å²) in [4.78, 5) is 0. The molecule has 0 amide bonds. The Bertz CT molecular complexity index is 957. The van der Waals surface area contributed by atoms with Crippen LogP contribution in [-0.2, 0) is 6.42 Å². The van der Waals surface area contributed by atoms with Crippen molar-refractivity contribution in [2.45, 2.75) is 25.8 Å². The predicted molar refractivity (Wildman–Crippen MR) is 112 cm³/mol. The molecule has 136 valence electrons. The molecule has 0 saturated heterocycles. The summed E-state index contributed by atoms with van der Waals surface area (Å²) >= 11 is 0. The quantitative estimate of drug-likeness (QED) is 0.392. The van der Waals surface area contributed by atoms with E-state index in [9.17, 15) is 0 Å². The van der Waals surface area contributed by atoms with Crippen LogP contribution in [0.4, 0.5) is 0 Å². The molecule has 27 heavy (non-hydrogen) atoms. The summed E-state index contributed by atoms with van der Waals surface area (Å²) in [5, 5.41) is 3.65. The molecule has 1 unspecified atom stereocenters. The lowest BCUT2D eigenvalue weighted by atomic mass is 10.0. The van der Waals surface area contributed by atoms with E-state index in [0.717, 1.165) is 36.5 Å². The smallest absolute Gasteiger partial charge is 0.134 e. The van der Waals surface area contributed by atoms with Crippen LogP contribution in [0, 0.1) is 0 Å². The van der Waals surface area contributed by atoms with Gasteiger partial charge in [-0.1, -0.05) is 72.8 Å². The Hall–Kier alpha value is -2.84. The van der Waals surface area contributed by atoms with E-state index in [0.29, 0.717) is 6.04 Å². The Morgan fingerprint density at radius 1 is 0.778 bits per heavy atom. The molecule has 1 aromatic carbocycles. The summed E-state index contributed by atoms with van der Waals surface area (Å²) in [7, 11) is 0. The van der Waals surface area contributed by atoms with Crippen LogP contribution in [-0.4, -0.2) is 6.54 Å². The minimum absolute atomic E-state index is 0.335. The molecule has 1 heterocycles. The highest BCUT2D eigenvalue weighted by Crippen LogP contribution is 2.31. The van der Waals surface area contributed by atoms with Crippen molar-refractivity contribution in [2.75, 3.05) is 6.54 Å². The second-order valence-corrected chi connectivity index (χ2v) is 6.98. The maximum atomic E-state index is 5.99. The van der Waals surface area contributed by atoms with Crippen molar-refractivity contribution in [1.82, 2.24) is 5.32 Å². The molecule has 4 rings (SSSR count). The van der Waals surface area contributed by atoms with Crippen LogP contribution < -0.4 is 5.32 Å². The van der Waals surface area contributed by atoms with E-state index in [1.54, 1.807) is 0 Å². The minimum atomic E-state index is 0.335. The first-order chi connectivity index (χ1) is 13.3. The highest BCUT2D eigenvalue weighted by atomic mass is 16.3. The van der Waals surface area contributed by atoms with Gasteiger partial charge in [0, 0.05) is 18.0 Å². The van der Waals surface area contributed by atoms with Gasteiger partial charge in [-0.3, -0.25) is 0 Å². The lowest BCUT2D eigenvalue weighted by Crippen LogP contribution is -2.20. The average Bonchev–Trinajstić information content (AvgIpc) is 3.27. The number of aryl methyl sites for hydroxylation is 1. The summed E-state index contributed by atoms with van der Waals surface area (Å²) < 4.78 is 5.99. The summed E-state index contributed by atoms with van der Waals surface area (Å²) in [6.45, 7) is 3.20. The first kappa shape index (κ1) is 17.6. The van der Waals surface area contributed by atoms with Crippen LogP contribution in [0.25, 0.3) is 22.5 Å². The van der Waals surface area contributed by atoms with Gasteiger partial charge in [0.1, 0.15) is 11.5 Å². The van der Waals surface area contributed by atoms with Crippen molar-refractivity contribution in [1.29, 1.82) is 0 Å². The average molecular weight is 355 g/mol. The third kappa shape index (κ3) is 4.12. The van der Waals surface area contributed by atoms with Crippen LogP contribution in [0.15, 0.2) is 89.3 Å². The molecule has 1 aromatic heterocycles. The molecule has 1 atom stereocenters. The zero-order valence-electron chi connectivity index (χ0n) is 15.7. The molecule has 0 aliphatic heterocycles. The summed E-state index contributed by atoms with van der Waals surface area (Å²) in [5.74, 6) is 2.00. The van der Waals surface area contributed by atoms with Gasteiger partial charge in [0.15, 0.2) is 0 Å². The van der Waals surface area contributed by atoms with Gasteiger partial charge in [-0.2, -0.15) is 0 Å². The molecule has 1 N–H and O–H groups in total. The Morgan fingerprint density at radius 2 is 1.52 bits per heavy atom. The summed E-state index contributed by atoms with van der Waals surface area (Å²) in [6, 6.07) is 29.9. The maximum absolute atomic E-state index is 5.99. The highest BCUT2D eigenvalue weighted by Gasteiger charge is 2.13. The maximum Gasteiger partial charge on any atom is 0.134 e. The fraction of sp³-hybridized carbons (Fsp3) is 0.200. The lowest BCUT2D eigenvalue weighted by Gasteiger charge is -2.14. The van der Waals surface area contributed by atoms with Gasteiger partial charge in [0.2, 0.25) is 0 Å². The van der Waals surface area contributed by atoms with Gasteiger partial charge in [-0.05, 0) is 48.7 Å². The van der Waals surface area contributed by atoms with Crippen molar-refractivity contribution in [3.63, 3.8) is 0 Å². The number of hydrogen-bond acceptors (Lipinski definition) is 2. The third-order valence-corrected chi connectivity index (χ3v) is 5.06. The molecule has 2 heteroatoms. The minimum Gasteiger partial charge on any atom is -0.461 e. The molecule has 0 fully saturated rings. The summed E-state index contributed by atoms with van der Waals surface area (Å²) in [5.41, 5.74) is 5.13. The number of furan rings is 1. The number of benzene rings is 1. The Morgan fingerprint density at radius 3 is 2.33 bits per heavy atom. The number of rotatable bonds is 7. The Labute approximate surface area is 161 Å². The van der Waals surface area contributed by atoms with Crippen LogP contribution in [0.5, 0.6) is 0 Å². The number of nitrogens with one attached hydrogen (secondary N) is 1. The normalized spacial score (nSPS) is 12.3. The van der Waals surface area contributed by atoms with Gasteiger partial charge < -0.3 is 9.73 Å². The first-order valence-corrected chi connectivity index (χ1v) is 9.66. The van der Waals surface area contributed by atoms with Gasteiger partial charge in [-0.15, -0.1) is 0 Å². The molecule has 0 radical (unpaired) electrons. The third-order valence-electron chi connectivity index (χ3n) is 5.06. The Kier molecular flexibility index (Phi) is 5.36. The zero-order chi connectivity index (χ0) is 18.5. The van der Waals surface area contributed by atoms with Crippen molar-refractivity contribution in [3.05, 3.63) is 96.3 Å². The zero-order valence-corrected chi connectivity index (χ0v) is 15.7. The highest BCUT2D eigenvalue weighted by molar-refractivity contribution is 5.70. The molecule has 0 spiro atoms. The van der Waals surface area contributed by atoms with Crippen molar-refractivity contribution >= 4 is 0 Å². The topological polar surface area (TPSA) is 25.2 Å². The number of fused-ring (bicyclic) bond motifs is 1. The number of hydrogen-bond donors (Lipinski definition) is 1. The molecule has 2 nitrogen and oxygen atoms in total. The lowest BCUT2D eigenvalue weighted by molar-refractivity contribution is 0.495. The SMILES string of the molecule is CC(NCCCc1ccc(-c2ccccc2)o1)c1ccc2cccccc1-2. The van der Waals surface area contributed by atoms with E-state index < -0.39 is 0 Å². The standard InChI is InChI=1S/C25H25NO/c1-19(23-16-14-20-9-4-3-7-13-24(20)23)26-18-8-12-22-15-17-25(27-22)21-10-5-2-6-11-21/h2-7,9-11,13-17,19,26H,8,12,18H2,1H3. The van der Waals surface area contributed by atoms with Crippen LogP contribution in [0.3, 0.4) is 0 Å². The van der Waals surface area contributed by atoms with E-state index in [2.05, 4.69) is 79.0 Å². The second kappa shape index (κ2) is 8.24. The van der Waals surface area contributed by atoms with Crippen LogP contribution in [0.2, 0.25) is 0 Å². The van der Waals surface area contributed by atoms with Crippen molar-refractivity contribution < 1.29 is 4.42 Å². The molecule has 2 aliphatic rings. The molecule has 0 saturated carbocycles. The predicted octanol–water partition coefficient (Wildman–Crippen LogP) is 6.33. The van der Waals surface area contributed by atoms with Crippen LogP contribution >= 0.6 is 0 Å². The molecule has 2 aromatic rings. The summed E-state index contributed by atoms with van der Waals surface area (Å²) in [6.07, 6.45) is 2.00. The van der Waals surface area contributed by atoms with E-state index in [-0.39, 0.29) is 0 Å². The fourth-order valence-corrected chi connectivity index (χ4v) is 3.58. The molecule has 2 aliphatic carbocycles. The van der Waals surface area contributed by atoms with Crippen molar-refractivity contribution in [2.24, 2.45) is 0 Å². The van der Waals surface area contributed by atoms with Gasteiger partial charge in [0.05, 0.1) is 0 Å². The Balaban J connectivity index is 1.30. The van der Waals surface area contributed by atoms with Crippen molar-refractivity contribution in [3.8, 4) is 22.5 Å². The fourth-order valence-electron chi connectivity index (χ4n) is 3.58. The molecule has 0 bridgehead atoms. The van der Waals surface area contributed by atoms with E-state index in [1.807, 2.05) is 18.2 Å². The van der Waals surface area contributed by atoms with Gasteiger partial charge in [-0.25, -0.2) is 0 Å². The van der Waals surface area contributed by atoms with Gasteiger partial charge in [0.25, 0.3) is 0 Å². The van der Waals surface area contributed by atoms with Crippen LogP contribution in [0.1, 0.15) is 30.7 Å². The largest absolute Gasteiger partial charge is 0.461 e. The molecular weight excluding hydrogens is 330 g/mol. The van der Waals surface area contributed by atoms with Gasteiger partial charge >= 0.3 is 0 Å². The molecular formula is C25H25NO. The second-order valence-electron chi connectivity index (χ2n) is 6.98. The monoisotopic (exact) mass is 355 g/mol. The van der Waals surface area contributed by atoms with E-state index in [1.165, 1.54) is 16.7 Å². The first-order valence-electron chi connectivity index (χ1n) is 9.66. The van der Waals surface area contributed by atoms with E-state index in [4.69, 9.17) is 4.42 Å².